The van der Waals surface area contributed by atoms with E-state index in [1.165, 1.54) is 27.3 Å². The summed E-state index contributed by atoms with van der Waals surface area (Å²) in [6, 6.07) is 16.5. The Morgan fingerprint density at radius 2 is 1.76 bits per heavy atom. The van der Waals surface area contributed by atoms with Gasteiger partial charge in [0.2, 0.25) is 5.91 Å². The van der Waals surface area contributed by atoms with Crippen molar-refractivity contribution < 1.29 is 9.59 Å². The minimum Gasteiger partial charge on any atom is -0.352 e. The van der Waals surface area contributed by atoms with Gasteiger partial charge in [-0.3, -0.25) is 14.5 Å². The Balaban J connectivity index is 1.38. The number of nitrogens with two attached hydrogens (primary N) is 1. The number of benzene rings is 1. The molecule has 2 atom stereocenters. The van der Waals surface area contributed by atoms with E-state index in [9.17, 15) is 9.59 Å². The number of nitrogens with zero attached hydrogens (tertiary/aromatic N) is 2. The normalized spacial score (nSPS) is 23.9. The van der Waals surface area contributed by atoms with Gasteiger partial charge < -0.3 is 16.0 Å². The number of rotatable bonds is 8. The molecule has 3 N–H and O–H groups in total. The van der Waals surface area contributed by atoms with E-state index in [0.29, 0.717) is 17.8 Å². The number of hydrogen-bond acceptors (Lipinski definition) is 6. The van der Waals surface area contributed by atoms with Crippen LogP contribution in [0.3, 0.4) is 0 Å². The van der Waals surface area contributed by atoms with Crippen molar-refractivity contribution in [2.45, 2.75) is 76.3 Å². The van der Waals surface area contributed by atoms with Crippen LogP contribution in [0.1, 0.15) is 57.8 Å². The summed E-state index contributed by atoms with van der Waals surface area (Å²) in [5, 5.41) is 7.30. The molecule has 3 heterocycles. The van der Waals surface area contributed by atoms with Gasteiger partial charge in [0.25, 0.3) is 5.91 Å². The van der Waals surface area contributed by atoms with Gasteiger partial charge in [0.05, 0.1) is 4.88 Å². The number of aryl methyl sites for hydroxylation is 1. The highest BCUT2D eigenvalue weighted by Gasteiger charge is 2.43. The molecule has 1 aliphatic carbocycles. The number of amides is 2. The number of nitrogens with one attached hydrogen (secondary N) is 1. The van der Waals surface area contributed by atoms with Crippen molar-refractivity contribution in [2.75, 3.05) is 6.54 Å². The van der Waals surface area contributed by atoms with Crippen molar-refractivity contribution >= 4 is 34.5 Å². The largest absolute Gasteiger partial charge is 0.352 e. The first-order valence-corrected chi connectivity index (χ1v) is 14.9. The lowest BCUT2D eigenvalue weighted by molar-refractivity contribution is -0.125. The van der Waals surface area contributed by atoms with Gasteiger partial charge in [-0.1, -0.05) is 36.4 Å². The topological polar surface area (TPSA) is 78.7 Å². The Bertz CT molecular complexity index is 1170. The number of hydrogen-bond donors (Lipinski definition) is 2. The lowest BCUT2D eigenvalue weighted by Gasteiger charge is -2.29. The van der Waals surface area contributed by atoms with Crippen LogP contribution in [0.5, 0.6) is 0 Å². The Hall–Kier alpha value is -2.52. The van der Waals surface area contributed by atoms with Crippen molar-refractivity contribution in [1.29, 1.82) is 0 Å². The van der Waals surface area contributed by atoms with E-state index >= 15 is 0 Å². The van der Waals surface area contributed by atoms with Gasteiger partial charge in [0.1, 0.15) is 6.04 Å². The van der Waals surface area contributed by atoms with Crippen LogP contribution in [0.15, 0.2) is 59.3 Å². The molecule has 1 aromatic carbocycles. The summed E-state index contributed by atoms with van der Waals surface area (Å²) < 4.78 is 0. The third kappa shape index (κ3) is 6.32. The molecule has 0 spiro atoms. The molecule has 0 bridgehead atoms. The predicted molar refractivity (Wildman–Crippen MR) is 151 cm³/mol. The van der Waals surface area contributed by atoms with Crippen molar-refractivity contribution in [3.63, 3.8) is 0 Å². The summed E-state index contributed by atoms with van der Waals surface area (Å²) in [5.41, 5.74) is 8.61. The molecular weight excluding hydrogens is 500 g/mol. The molecule has 1 saturated heterocycles. The van der Waals surface area contributed by atoms with E-state index in [-0.39, 0.29) is 29.9 Å². The number of likely N-dealkylation sites (tertiary alicyclic amines) is 1. The smallest absolute Gasteiger partial charge is 0.264 e. The van der Waals surface area contributed by atoms with Crippen LogP contribution in [0.25, 0.3) is 0 Å². The van der Waals surface area contributed by atoms with Gasteiger partial charge in [-0.25, -0.2) is 0 Å². The van der Waals surface area contributed by atoms with E-state index in [1.807, 2.05) is 22.4 Å². The monoisotopic (exact) mass is 536 g/mol. The summed E-state index contributed by atoms with van der Waals surface area (Å²) in [7, 11) is 0. The average Bonchev–Trinajstić information content (AvgIpc) is 3.68. The standard InChI is InChI=1S/C29H36N4O2S2/c1-20-6-2-3-7-21(20)17-32(19-25-8-4-14-36-25)24-16-26(28(34)31-23-12-10-22(30)11-13-23)33(18-24)29(35)27-9-5-15-37-27/h2-9,14-15,22-24,26H,10-13,16-19,30H2,1H3,(H,31,34). The van der Waals surface area contributed by atoms with Crippen molar-refractivity contribution in [3.8, 4) is 0 Å². The maximum absolute atomic E-state index is 13.6. The minimum absolute atomic E-state index is 0.0279. The van der Waals surface area contributed by atoms with Gasteiger partial charge in [-0.15, -0.1) is 22.7 Å². The minimum atomic E-state index is -0.474. The van der Waals surface area contributed by atoms with Gasteiger partial charge in [0, 0.05) is 42.6 Å². The Kier molecular flexibility index (Phi) is 8.39. The average molecular weight is 537 g/mol. The van der Waals surface area contributed by atoms with Crippen LogP contribution < -0.4 is 11.1 Å². The lowest BCUT2D eigenvalue weighted by atomic mass is 9.91. The first kappa shape index (κ1) is 26.1. The highest BCUT2D eigenvalue weighted by atomic mass is 32.1. The molecule has 196 valence electrons. The highest BCUT2D eigenvalue weighted by molar-refractivity contribution is 7.12. The molecule has 2 aliphatic rings. The molecule has 1 aliphatic heterocycles. The quantitative estimate of drug-likeness (QED) is 0.434. The molecule has 2 amide bonds. The molecule has 2 aromatic heterocycles. The predicted octanol–water partition coefficient (Wildman–Crippen LogP) is 4.79. The fraction of sp³-hybridized carbons (Fsp3) is 0.448. The fourth-order valence-electron chi connectivity index (χ4n) is 5.58. The van der Waals surface area contributed by atoms with E-state index in [4.69, 9.17) is 5.73 Å². The molecular formula is C29H36N4O2S2. The Morgan fingerprint density at radius 1 is 1.00 bits per heavy atom. The zero-order valence-electron chi connectivity index (χ0n) is 21.3. The molecule has 6 nitrogen and oxygen atoms in total. The van der Waals surface area contributed by atoms with Crippen LogP contribution in [-0.4, -0.2) is 52.3 Å². The van der Waals surface area contributed by atoms with Crippen LogP contribution in [0.2, 0.25) is 0 Å². The van der Waals surface area contributed by atoms with E-state index < -0.39 is 6.04 Å². The first-order valence-electron chi connectivity index (χ1n) is 13.2. The second kappa shape index (κ2) is 11.9. The SMILES string of the molecule is Cc1ccccc1CN(Cc1cccs1)C1CC(C(=O)NC2CCC(N)CC2)N(C(=O)c2cccs2)C1. The number of thiophene rings is 2. The fourth-order valence-corrected chi connectivity index (χ4v) is 6.99. The summed E-state index contributed by atoms with van der Waals surface area (Å²) in [4.78, 5) is 33.5. The van der Waals surface area contributed by atoms with Crippen LogP contribution in [-0.2, 0) is 17.9 Å². The van der Waals surface area contributed by atoms with Crippen LogP contribution in [0, 0.1) is 6.92 Å². The van der Waals surface area contributed by atoms with Gasteiger partial charge in [-0.2, -0.15) is 0 Å². The maximum Gasteiger partial charge on any atom is 0.264 e. The molecule has 8 heteroatoms. The zero-order chi connectivity index (χ0) is 25.8. The third-order valence-corrected chi connectivity index (χ3v) is 9.50. The van der Waals surface area contributed by atoms with Gasteiger partial charge in [0.15, 0.2) is 0 Å². The zero-order valence-corrected chi connectivity index (χ0v) is 23.0. The molecule has 2 unspecified atom stereocenters. The van der Waals surface area contributed by atoms with E-state index in [2.05, 4.69) is 58.9 Å². The summed E-state index contributed by atoms with van der Waals surface area (Å²) in [5.74, 6) is -0.0740. The maximum atomic E-state index is 13.6. The second-order valence-electron chi connectivity index (χ2n) is 10.4. The lowest BCUT2D eigenvalue weighted by Crippen LogP contribution is -2.50. The Labute approximate surface area is 227 Å². The summed E-state index contributed by atoms with van der Waals surface area (Å²) in [6.07, 6.45) is 4.30. The molecule has 2 fully saturated rings. The van der Waals surface area contributed by atoms with Crippen LogP contribution >= 0.6 is 22.7 Å². The molecule has 1 saturated carbocycles. The second-order valence-corrected chi connectivity index (χ2v) is 12.4. The van der Waals surface area contributed by atoms with Gasteiger partial charge in [-0.05, 0) is 73.0 Å². The van der Waals surface area contributed by atoms with E-state index in [1.54, 1.807) is 11.3 Å². The number of carbonyl (C=O) groups excluding carboxylic acids is 2. The molecule has 0 radical (unpaired) electrons. The van der Waals surface area contributed by atoms with Crippen LogP contribution in [0.4, 0.5) is 0 Å². The molecule has 3 aromatic rings. The van der Waals surface area contributed by atoms with Crippen molar-refractivity contribution in [2.24, 2.45) is 5.73 Å². The first-order chi connectivity index (χ1) is 18.0. The van der Waals surface area contributed by atoms with Gasteiger partial charge >= 0.3 is 0 Å². The Morgan fingerprint density at radius 3 is 2.46 bits per heavy atom. The summed E-state index contributed by atoms with van der Waals surface area (Å²) in [6.45, 7) is 4.27. The van der Waals surface area contributed by atoms with Crippen molar-refractivity contribution in [3.05, 3.63) is 80.2 Å². The third-order valence-electron chi connectivity index (χ3n) is 7.78. The number of carbonyl (C=O) groups is 2. The highest BCUT2D eigenvalue weighted by Crippen LogP contribution is 2.30. The summed E-state index contributed by atoms with van der Waals surface area (Å²) >= 11 is 3.19. The molecule has 5 rings (SSSR count). The molecule has 37 heavy (non-hydrogen) atoms. The van der Waals surface area contributed by atoms with Crippen molar-refractivity contribution in [1.82, 2.24) is 15.1 Å². The van der Waals surface area contributed by atoms with E-state index in [0.717, 1.165) is 38.8 Å².